The number of carbonyl (C=O) groups is 2. The molecule has 0 atom stereocenters. The van der Waals surface area contributed by atoms with Crippen LogP contribution in [-0.2, 0) is 16.0 Å². The van der Waals surface area contributed by atoms with Crippen LogP contribution in [0.1, 0.15) is 18.1 Å². The minimum absolute atomic E-state index is 0.0146. The average Bonchev–Trinajstić information content (AvgIpc) is 2.66. The van der Waals surface area contributed by atoms with Gasteiger partial charge >= 0.3 is 0 Å². The molecule has 0 unspecified atom stereocenters. The number of anilines is 1. The van der Waals surface area contributed by atoms with Crippen molar-refractivity contribution in [3.05, 3.63) is 65.7 Å². The Labute approximate surface area is 154 Å². The Morgan fingerprint density at radius 1 is 1.15 bits per heavy atom. The first kappa shape index (κ1) is 19.2. The highest BCUT2D eigenvalue weighted by molar-refractivity contribution is 5.98. The Morgan fingerprint density at radius 3 is 2.65 bits per heavy atom. The zero-order chi connectivity index (χ0) is 18.9. The summed E-state index contributed by atoms with van der Waals surface area (Å²) < 4.78 is 5.16. The van der Waals surface area contributed by atoms with Crippen molar-refractivity contribution < 1.29 is 14.3 Å². The summed E-state index contributed by atoms with van der Waals surface area (Å²) in [5.74, 6) is 0.255. The molecule has 136 valence electrons. The highest BCUT2D eigenvalue weighted by Crippen LogP contribution is 2.15. The van der Waals surface area contributed by atoms with Crippen molar-refractivity contribution in [1.29, 1.82) is 0 Å². The van der Waals surface area contributed by atoms with Crippen LogP contribution in [0.5, 0.6) is 5.75 Å². The van der Waals surface area contributed by atoms with Gasteiger partial charge in [0.2, 0.25) is 11.8 Å². The lowest BCUT2D eigenvalue weighted by molar-refractivity contribution is -0.129. The van der Waals surface area contributed by atoms with Gasteiger partial charge in [-0.15, -0.1) is 0 Å². The monoisotopic (exact) mass is 352 g/mol. The summed E-state index contributed by atoms with van der Waals surface area (Å²) in [6, 6.07) is 15.0. The Hall–Kier alpha value is -3.08. The first-order valence-electron chi connectivity index (χ1n) is 8.48. The number of rotatable bonds is 7. The third-order valence-electron chi connectivity index (χ3n) is 3.94. The van der Waals surface area contributed by atoms with Crippen LogP contribution in [0.4, 0.5) is 5.69 Å². The molecule has 5 nitrogen and oxygen atoms in total. The van der Waals surface area contributed by atoms with Crippen LogP contribution < -0.4 is 10.1 Å². The number of nitrogens with zero attached hydrogens (tertiary/aromatic N) is 1. The Kier molecular flexibility index (Phi) is 6.97. The van der Waals surface area contributed by atoms with Gasteiger partial charge in [-0.25, -0.2) is 0 Å². The van der Waals surface area contributed by atoms with Crippen LogP contribution in [0.2, 0.25) is 0 Å². The van der Waals surface area contributed by atoms with Crippen molar-refractivity contribution in [2.45, 2.75) is 13.3 Å². The topological polar surface area (TPSA) is 58.6 Å². The normalized spacial score (nSPS) is 10.6. The van der Waals surface area contributed by atoms with Gasteiger partial charge in [0.15, 0.2) is 0 Å². The number of amides is 2. The predicted octanol–water partition coefficient (Wildman–Crippen LogP) is 3.37. The summed E-state index contributed by atoms with van der Waals surface area (Å²) in [7, 11) is 3.20. The fourth-order valence-corrected chi connectivity index (χ4v) is 2.47. The van der Waals surface area contributed by atoms with Crippen molar-refractivity contribution in [2.75, 3.05) is 26.0 Å². The molecule has 0 saturated heterocycles. The highest BCUT2D eigenvalue weighted by atomic mass is 16.5. The Morgan fingerprint density at radius 2 is 1.92 bits per heavy atom. The summed E-state index contributed by atoms with van der Waals surface area (Å²) in [6.45, 7) is 2.02. The highest BCUT2D eigenvalue weighted by Gasteiger charge is 2.12. The van der Waals surface area contributed by atoms with E-state index in [0.717, 1.165) is 29.0 Å². The lowest BCUT2D eigenvalue weighted by atomic mass is 10.1. The van der Waals surface area contributed by atoms with Crippen LogP contribution >= 0.6 is 0 Å². The molecule has 26 heavy (non-hydrogen) atoms. The average molecular weight is 352 g/mol. The maximum Gasteiger partial charge on any atom is 0.246 e. The van der Waals surface area contributed by atoms with Crippen molar-refractivity contribution >= 4 is 23.6 Å². The molecule has 0 saturated carbocycles. The first-order chi connectivity index (χ1) is 12.5. The molecule has 1 N–H and O–H groups in total. The minimum atomic E-state index is -0.244. The van der Waals surface area contributed by atoms with E-state index in [2.05, 4.69) is 5.32 Å². The molecular formula is C21H24N2O3. The van der Waals surface area contributed by atoms with Gasteiger partial charge in [0, 0.05) is 18.8 Å². The summed E-state index contributed by atoms with van der Waals surface area (Å²) >= 11 is 0. The number of nitrogens with one attached hydrogen (secondary N) is 1. The summed E-state index contributed by atoms with van der Waals surface area (Å²) in [6.07, 6.45) is 3.97. The lowest BCUT2D eigenvalue weighted by Crippen LogP contribution is -2.34. The largest absolute Gasteiger partial charge is 0.497 e. The zero-order valence-corrected chi connectivity index (χ0v) is 15.4. The second kappa shape index (κ2) is 9.42. The minimum Gasteiger partial charge on any atom is -0.497 e. The van der Waals surface area contributed by atoms with Crippen molar-refractivity contribution in [3.8, 4) is 5.75 Å². The molecule has 0 aliphatic carbocycles. The van der Waals surface area contributed by atoms with Crippen LogP contribution in [0.3, 0.4) is 0 Å². The number of likely N-dealkylation sites (N-methyl/N-ethyl adjacent to an activating group) is 1. The summed E-state index contributed by atoms with van der Waals surface area (Å²) in [4.78, 5) is 25.8. The molecule has 0 aliphatic heterocycles. The van der Waals surface area contributed by atoms with Gasteiger partial charge in [-0.3, -0.25) is 9.59 Å². The number of carbonyl (C=O) groups excluding carboxylic acids is 2. The predicted molar refractivity (Wildman–Crippen MR) is 104 cm³/mol. The fraction of sp³-hybridized carbons (Fsp3) is 0.238. The molecule has 2 aromatic carbocycles. The number of ether oxygens (including phenoxy) is 1. The van der Waals surface area contributed by atoms with Gasteiger partial charge < -0.3 is 15.0 Å². The molecule has 2 amide bonds. The van der Waals surface area contributed by atoms with E-state index in [4.69, 9.17) is 4.74 Å². The molecule has 0 spiro atoms. The van der Waals surface area contributed by atoms with Gasteiger partial charge in [-0.2, -0.15) is 0 Å². The van der Waals surface area contributed by atoms with E-state index in [1.165, 1.54) is 11.0 Å². The van der Waals surface area contributed by atoms with Crippen molar-refractivity contribution in [1.82, 2.24) is 4.90 Å². The third-order valence-corrected chi connectivity index (χ3v) is 3.94. The first-order valence-corrected chi connectivity index (χ1v) is 8.48. The summed E-state index contributed by atoms with van der Waals surface area (Å²) in [5.41, 5.74) is 2.70. The van der Waals surface area contributed by atoms with E-state index >= 15 is 0 Å². The van der Waals surface area contributed by atoms with Crippen LogP contribution in [0.15, 0.2) is 54.6 Å². The maximum atomic E-state index is 12.2. The number of aryl methyl sites for hydroxylation is 1. The zero-order valence-electron chi connectivity index (χ0n) is 15.4. The van der Waals surface area contributed by atoms with E-state index < -0.39 is 0 Å². The van der Waals surface area contributed by atoms with E-state index in [-0.39, 0.29) is 18.4 Å². The summed E-state index contributed by atoms with van der Waals surface area (Å²) in [5, 5.41) is 2.86. The van der Waals surface area contributed by atoms with E-state index in [1.807, 2.05) is 55.5 Å². The molecule has 0 aliphatic rings. The van der Waals surface area contributed by atoms with Gasteiger partial charge in [-0.1, -0.05) is 37.3 Å². The second-order valence-corrected chi connectivity index (χ2v) is 5.86. The number of methoxy groups -OCH3 is 1. The maximum absolute atomic E-state index is 12.2. The van der Waals surface area contributed by atoms with Gasteiger partial charge in [0.1, 0.15) is 5.75 Å². The number of para-hydroxylation sites is 1. The molecule has 5 heteroatoms. The van der Waals surface area contributed by atoms with Crippen LogP contribution in [-0.4, -0.2) is 37.4 Å². The van der Waals surface area contributed by atoms with E-state index in [0.29, 0.717) is 0 Å². The Bertz CT molecular complexity index is 799. The fourth-order valence-electron chi connectivity index (χ4n) is 2.47. The molecule has 2 aromatic rings. The van der Waals surface area contributed by atoms with Crippen molar-refractivity contribution in [3.63, 3.8) is 0 Å². The quantitative estimate of drug-likeness (QED) is 0.777. The molecule has 0 heterocycles. The molecule has 0 radical (unpaired) electrons. The molecular weight excluding hydrogens is 328 g/mol. The van der Waals surface area contributed by atoms with Gasteiger partial charge in [0.25, 0.3) is 0 Å². The lowest BCUT2D eigenvalue weighted by Gasteiger charge is -2.16. The standard InChI is InChI=1S/C21H24N2O3/c1-4-17-9-5-6-11-19(17)22-20(24)15-23(2)21(25)13-12-16-8-7-10-18(14-16)26-3/h5-14H,4,15H2,1-3H3,(H,22,24). The Balaban J connectivity index is 1.93. The smallest absolute Gasteiger partial charge is 0.246 e. The van der Waals surface area contributed by atoms with Gasteiger partial charge in [-0.05, 0) is 41.8 Å². The SMILES string of the molecule is CCc1ccccc1NC(=O)CN(C)C(=O)C=Cc1cccc(OC)c1. The number of hydrogen-bond donors (Lipinski definition) is 1. The van der Waals surface area contributed by atoms with Crippen molar-refractivity contribution in [2.24, 2.45) is 0 Å². The van der Waals surface area contributed by atoms with E-state index in [1.54, 1.807) is 20.2 Å². The second-order valence-electron chi connectivity index (χ2n) is 5.86. The van der Waals surface area contributed by atoms with Gasteiger partial charge in [0.05, 0.1) is 13.7 Å². The molecule has 2 rings (SSSR count). The molecule has 0 aromatic heterocycles. The molecule has 0 fully saturated rings. The van der Waals surface area contributed by atoms with Crippen LogP contribution in [0, 0.1) is 0 Å². The van der Waals surface area contributed by atoms with Crippen LogP contribution in [0.25, 0.3) is 6.08 Å². The third kappa shape index (κ3) is 5.48. The number of hydrogen-bond acceptors (Lipinski definition) is 3. The molecule has 0 bridgehead atoms. The van der Waals surface area contributed by atoms with E-state index in [9.17, 15) is 9.59 Å². The number of benzene rings is 2.